The molecule has 0 saturated carbocycles. The second kappa shape index (κ2) is 9.63. The van der Waals surface area contributed by atoms with Gasteiger partial charge in [0, 0.05) is 6.92 Å². The third-order valence-corrected chi connectivity index (χ3v) is 1.46. The first kappa shape index (κ1) is 16.6. The summed E-state index contributed by atoms with van der Waals surface area (Å²) in [5.74, 6) is -3.22. The molecule has 0 aromatic rings. The molecule has 19 heavy (non-hydrogen) atoms. The lowest BCUT2D eigenvalue weighted by molar-refractivity contribution is -0.167. The number of rotatable bonds is 8. The van der Waals surface area contributed by atoms with E-state index in [9.17, 15) is 19.2 Å². The fourth-order valence-electron chi connectivity index (χ4n) is 0.716. The minimum Gasteiger partial charge on any atom is -0.459 e. The molecule has 0 heterocycles. The van der Waals surface area contributed by atoms with E-state index in [-0.39, 0.29) is 6.61 Å². The fraction of sp³-hybridized carbons (Fsp3) is 0.455. The third kappa shape index (κ3) is 10.5. The van der Waals surface area contributed by atoms with Crippen molar-refractivity contribution in [3.05, 3.63) is 12.7 Å². The van der Waals surface area contributed by atoms with Gasteiger partial charge in [0.2, 0.25) is 0 Å². The van der Waals surface area contributed by atoms with Crippen LogP contribution in [0.4, 0.5) is 0 Å². The molecule has 0 N–H and O–H groups in total. The topological polar surface area (TPSA) is 105 Å². The van der Waals surface area contributed by atoms with Crippen molar-refractivity contribution in [2.75, 3.05) is 26.4 Å². The Labute approximate surface area is 109 Å². The monoisotopic (exact) mass is 274 g/mol. The molecule has 0 rings (SSSR count). The zero-order chi connectivity index (χ0) is 14.7. The lowest BCUT2D eigenvalue weighted by Gasteiger charge is -2.05. The van der Waals surface area contributed by atoms with Crippen LogP contribution in [0.3, 0.4) is 0 Å². The molecular formula is C11H14O8. The number of ether oxygens (including phenoxy) is 4. The van der Waals surface area contributed by atoms with Gasteiger partial charge in [-0.25, -0.2) is 14.4 Å². The lowest BCUT2D eigenvalue weighted by atomic mass is 10.6. The molecule has 0 aromatic carbocycles. The number of hydrogen-bond donors (Lipinski definition) is 0. The molecule has 0 amide bonds. The summed E-state index contributed by atoms with van der Waals surface area (Å²) in [6.45, 7) is 2.59. The van der Waals surface area contributed by atoms with Gasteiger partial charge >= 0.3 is 23.9 Å². The molecule has 0 radical (unpaired) electrons. The number of carbonyl (C=O) groups is 4. The molecule has 0 aromatic heterocycles. The Balaban J connectivity index is 3.69. The largest absolute Gasteiger partial charge is 0.459 e. The van der Waals surface area contributed by atoms with Crippen LogP contribution in [-0.2, 0) is 38.1 Å². The van der Waals surface area contributed by atoms with E-state index in [4.69, 9.17) is 0 Å². The van der Waals surface area contributed by atoms with E-state index in [1.165, 1.54) is 6.08 Å². The predicted octanol–water partition coefficient (Wildman–Crippen LogP) is -0.635. The molecule has 0 aliphatic rings. The summed E-state index contributed by atoms with van der Waals surface area (Å²) >= 11 is 0. The van der Waals surface area contributed by atoms with Gasteiger partial charge in [0.15, 0.2) is 19.8 Å². The Morgan fingerprint density at radius 3 is 1.68 bits per heavy atom. The molecule has 8 nitrogen and oxygen atoms in total. The zero-order valence-corrected chi connectivity index (χ0v) is 10.4. The maximum atomic E-state index is 11.0. The van der Waals surface area contributed by atoms with Crippen LogP contribution in [0.25, 0.3) is 0 Å². The predicted molar refractivity (Wildman–Crippen MR) is 59.7 cm³/mol. The van der Waals surface area contributed by atoms with Crippen LogP contribution in [0, 0.1) is 0 Å². The minimum absolute atomic E-state index is 0.00769. The maximum Gasteiger partial charge on any atom is 0.344 e. The summed E-state index contributed by atoms with van der Waals surface area (Å²) in [6, 6.07) is 0. The Morgan fingerprint density at radius 1 is 0.842 bits per heavy atom. The molecule has 0 bridgehead atoms. The van der Waals surface area contributed by atoms with Gasteiger partial charge in [0.25, 0.3) is 0 Å². The summed E-state index contributed by atoms with van der Waals surface area (Å²) < 4.78 is 17.7. The van der Waals surface area contributed by atoms with Gasteiger partial charge < -0.3 is 18.9 Å². The van der Waals surface area contributed by atoms with Crippen molar-refractivity contribution in [2.24, 2.45) is 0 Å². The van der Waals surface area contributed by atoms with E-state index in [0.29, 0.717) is 0 Å². The Kier molecular flexibility index (Phi) is 8.42. The van der Waals surface area contributed by atoms with Crippen molar-refractivity contribution >= 4 is 23.9 Å². The molecular weight excluding hydrogens is 260 g/mol. The van der Waals surface area contributed by atoms with E-state index in [1.54, 1.807) is 0 Å². The van der Waals surface area contributed by atoms with E-state index in [0.717, 1.165) is 6.92 Å². The van der Waals surface area contributed by atoms with Crippen molar-refractivity contribution in [3.63, 3.8) is 0 Å². The highest BCUT2D eigenvalue weighted by molar-refractivity contribution is 5.80. The van der Waals surface area contributed by atoms with Crippen molar-refractivity contribution in [1.82, 2.24) is 0 Å². The highest BCUT2D eigenvalue weighted by Crippen LogP contribution is 1.88. The number of carbonyl (C=O) groups excluding carboxylic acids is 4. The SMILES string of the molecule is C=CCOC(=O)COC(=O)COC(=O)COC(C)=O. The quantitative estimate of drug-likeness (QED) is 0.327. The Bertz CT molecular complexity index is 360. The average Bonchev–Trinajstić information content (AvgIpc) is 2.37. The third-order valence-electron chi connectivity index (χ3n) is 1.46. The van der Waals surface area contributed by atoms with Gasteiger partial charge in [-0.3, -0.25) is 4.79 Å². The normalized spacial score (nSPS) is 9.11. The summed E-state index contributed by atoms with van der Waals surface area (Å²) in [5, 5.41) is 0. The van der Waals surface area contributed by atoms with Crippen molar-refractivity contribution in [3.8, 4) is 0 Å². The highest BCUT2D eigenvalue weighted by atomic mass is 16.6. The van der Waals surface area contributed by atoms with E-state index in [2.05, 4.69) is 25.5 Å². The Morgan fingerprint density at radius 2 is 1.26 bits per heavy atom. The smallest absolute Gasteiger partial charge is 0.344 e. The van der Waals surface area contributed by atoms with Crippen LogP contribution in [0.5, 0.6) is 0 Å². The van der Waals surface area contributed by atoms with Crippen molar-refractivity contribution < 1.29 is 38.1 Å². The average molecular weight is 274 g/mol. The number of hydrogen-bond acceptors (Lipinski definition) is 8. The van der Waals surface area contributed by atoms with Gasteiger partial charge in [0.05, 0.1) is 0 Å². The maximum absolute atomic E-state index is 11.0. The van der Waals surface area contributed by atoms with Gasteiger partial charge in [0.1, 0.15) is 6.61 Å². The molecule has 0 fully saturated rings. The molecule has 0 spiro atoms. The van der Waals surface area contributed by atoms with Crippen LogP contribution >= 0.6 is 0 Å². The summed E-state index contributed by atoms with van der Waals surface area (Å²) in [7, 11) is 0. The highest BCUT2D eigenvalue weighted by Gasteiger charge is 2.12. The molecule has 8 heteroatoms. The van der Waals surface area contributed by atoms with Crippen LogP contribution in [0.2, 0.25) is 0 Å². The van der Waals surface area contributed by atoms with Crippen LogP contribution < -0.4 is 0 Å². The van der Waals surface area contributed by atoms with Crippen LogP contribution in [-0.4, -0.2) is 50.3 Å². The lowest BCUT2D eigenvalue weighted by Crippen LogP contribution is -2.23. The van der Waals surface area contributed by atoms with Crippen LogP contribution in [0.15, 0.2) is 12.7 Å². The first-order valence-corrected chi connectivity index (χ1v) is 5.16. The number of esters is 4. The van der Waals surface area contributed by atoms with Gasteiger partial charge in [-0.05, 0) is 0 Å². The van der Waals surface area contributed by atoms with Gasteiger partial charge in [-0.2, -0.15) is 0 Å². The second-order valence-corrected chi connectivity index (χ2v) is 3.07. The van der Waals surface area contributed by atoms with E-state index >= 15 is 0 Å². The fourth-order valence-corrected chi connectivity index (χ4v) is 0.716. The van der Waals surface area contributed by atoms with Crippen LogP contribution in [0.1, 0.15) is 6.92 Å². The Hall–Kier alpha value is -2.38. The first-order valence-electron chi connectivity index (χ1n) is 5.16. The molecule has 0 aliphatic heterocycles. The zero-order valence-electron chi connectivity index (χ0n) is 10.4. The summed E-state index contributed by atoms with van der Waals surface area (Å²) in [6.07, 6.45) is 1.36. The molecule has 0 saturated heterocycles. The summed E-state index contributed by atoms with van der Waals surface area (Å²) in [4.78, 5) is 43.2. The van der Waals surface area contributed by atoms with E-state index < -0.39 is 43.7 Å². The minimum atomic E-state index is -0.924. The van der Waals surface area contributed by atoms with Crippen molar-refractivity contribution in [2.45, 2.75) is 6.92 Å². The molecule has 0 atom stereocenters. The molecule has 106 valence electrons. The van der Waals surface area contributed by atoms with Crippen molar-refractivity contribution in [1.29, 1.82) is 0 Å². The standard InChI is InChI=1S/C11H14O8/c1-3-4-16-9(13)6-18-11(15)7-19-10(14)5-17-8(2)12/h3H,1,4-7H2,2H3. The summed E-state index contributed by atoms with van der Waals surface area (Å²) in [5.41, 5.74) is 0. The second-order valence-electron chi connectivity index (χ2n) is 3.07. The molecule has 0 aliphatic carbocycles. The van der Waals surface area contributed by atoms with Gasteiger partial charge in [-0.15, -0.1) is 0 Å². The van der Waals surface area contributed by atoms with E-state index in [1.807, 2.05) is 0 Å². The van der Waals surface area contributed by atoms with Gasteiger partial charge in [-0.1, -0.05) is 12.7 Å². The first-order chi connectivity index (χ1) is 8.95. The molecule has 0 unspecified atom stereocenters.